The van der Waals surface area contributed by atoms with Gasteiger partial charge in [-0.05, 0) is 65.0 Å². The van der Waals surface area contributed by atoms with Gasteiger partial charge < -0.3 is 25.4 Å². The molecule has 1 aromatic carbocycles. The fourth-order valence-corrected chi connectivity index (χ4v) is 6.46. The maximum Gasteiger partial charge on any atom is 0.246 e. The monoisotopic (exact) mass is 485 g/mol. The number of aliphatic hydroxyl groups is 1. The third-order valence-electron chi connectivity index (χ3n) is 7.63. The SMILES string of the molecule is CC(C)C[C@H](CO)N1C(=O)[C@@H]2[C@@H](C(=O)Nc3ccccc3)[C@@]3(C)CCC2(O3)C1C(=O)NC(C)(C)C. The van der Waals surface area contributed by atoms with Crippen molar-refractivity contribution in [3.63, 3.8) is 0 Å². The number of anilines is 1. The van der Waals surface area contributed by atoms with E-state index in [4.69, 9.17) is 4.74 Å². The molecule has 8 nitrogen and oxygen atoms in total. The van der Waals surface area contributed by atoms with Gasteiger partial charge in [-0.1, -0.05) is 32.0 Å². The van der Waals surface area contributed by atoms with Crippen LogP contribution in [-0.2, 0) is 19.1 Å². The number of aliphatic hydroxyl groups excluding tert-OH is 1. The van der Waals surface area contributed by atoms with E-state index in [1.165, 1.54) is 0 Å². The van der Waals surface area contributed by atoms with Crippen molar-refractivity contribution >= 4 is 23.4 Å². The number of amides is 3. The number of carbonyl (C=O) groups is 3. The van der Waals surface area contributed by atoms with Gasteiger partial charge in [-0.15, -0.1) is 0 Å². The van der Waals surface area contributed by atoms with Crippen molar-refractivity contribution in [2.45, 2.75) is 89.6 Å². The van der Waals surface area contributed by atoms with Crippen LogP contribution in [0.1, 0.15) is 60.8 Å². The van der Waals surface area contributed by atoms with E-state index in [0.717, 1.165) is 0 Å². The standard InChI is InChI=1S/C27H39N3O5/c1-16(2)14-18(15-31)30-21(23(33)29-25(3,4)5)27-13-12-26(6,35-27)19(20(27)24(30)34)22(32)28-17-10-8-7-9-11-17/h7-11,16,18-21,31H,12-15H2,1-6H3,(H,28,32)(H,29,33)/t18-,19+,20+,21?,26-,27?/m1/s1. The Balaban J connectivity index is 1.76. The Labute approximate surface area is 207 Å². The van der Waals surface area contributed by atoms with Crippen LogP contribution < -0.4 is 10.6 Å². The topological polar surface area (TPSA) is 108 Å². The molecule has 192 valence electrons. The molecule has 6 atom stereocenters. The lowest BCUT2D eigenvalue weighted by atomic mass is 9.66. The zero-order valence-electron chi connectivity index (χ0n) is 21.6. The van der Waals surface area contributed by atoms with Gasteiger partial charge in [0.05, 0.1) is 30.1 Å². The number of hydrogen-bond donors (Lipinski definition) is 3. The largest absolute Gasteiger partial charge is 0.394 e. The first kappa shape index (κ1) is 25.6. The number of ether oxygens (including phenoxy) is 1. The van der Waals surface area contributed by atoms with Gasteiger partial charge in [-0.25, -0.2) is 0 Å². The molecule has 3 N–H and O–H groups in total. The van der Waals surface area contributed by atoms with Crippen LogP contribution in [0.25, 0.3) is 0 Å². The highest BCUT2D eigenvalue weighted by Gasteiger charge is 2.78. The van der Waals surface area contributed by atoms with E-state index in [1.807, 2.05) is 59.7 Å². The smallest absolute Gasteiger partial charge is 0.246 e. The van der Waals surface area contributed by atoms with Crippen molar-refractivity contribution in [1.82, 2.24) is 10.2 Å². The summed E-state index contributed by atoms with van der Waals surface area (Å²) in [5, 5.41) is 16.3. The summed E-state index contributed by atoms with van der Waals surface area (Å²) in [6.45, 7) is 11.3. The molecular formula is C27H39N3O5. The number of likely N-dealkylation sites (tertiary alicyclic amines) is 1. The molecule has 3 saturated heterocycles. The summed E-state index contributed by atoms with van der Waals surface area (Å²) < 4.78 is 6.63. The fraction of sp³-hybridized carbons (Fsp3) is 0.667. The van der Waals surface area contributed by atoms with Crippen LogP contribution in [0.3, 0.4) is 0 Å². The van der Waals surface area contributed by atoms with Crippen molar-refractivity contribution in [1.29, 1.82) is 0 Å². The van der Waals surface area contributed by atoms with Crippen molar-refractivity contribution in [3.8, 4) is 0 Å². The van der Waals surface area contributed by atoms with Crippen LogP contribution in [0.4, 0.5) is 5.69 Å². The Morgan fingerprint density at radius 2 is 1.83 bits per heavy atom. The molecule has 4 rings (SSSR count). The van der Waals surface area contributed by atoms with Crippen LogP contribution in [0.15, 0.2) is 30.3 Å². The van der Waals surface area contributed by atoms with E-state index in [9.17, 15) is 19.5 Å². The van der Waals surface area contributed by atoms with Gasteiger partial charge in [-0.2, -0.15) is 0 Å². The molecule has 1 spiro atoms. The highest BCUT2D eigenvalue weighted by atomic mass is 16.5. The number of nitrogens with one attached hydrogen (secondary N) is 2. The molecule has 2 bridgehead atoms. The van der Waals surface area contributed by atoms with Crippen LogP contribution in [0.2, 0.25) is 0 Å². The van der Waals surface area contributed by atoms with E-state index < -0.39 is 40.7 Å². The predicted molar refractivity (Wildman–Crippen MR) is 132 cm³/mol. The number of para-hydroxylation sites is 1. The van der Waals surface area contributed by atoms with Gasteiger partial charge in [0.15, 0.2) is 0 Å². The third-order valence-corrected chi connectivity index (χ3v) is 7.63. The molecule has 0 aliphatic carbocycles. The van der Waals surface area contributed by atoms with Crippen LogP contribution in [0, 0.1) is 17.8 Å². The summed E-state index contributed by atoms with van der Waals surface area (Å²) in [6.07, 6.45) is 1.63. The highest BCUT2D eigenvalue weighted by molar-refractivity contribution is 6.02. The second-order valence-corrected chi connectivity index (χ2v) is 12.0. The number of hydrogen-bond acceptors (Lipinski definition) is 5. The molecule has 3 aliphatic rings. The average Bonchev–Trinajstić information content (AvgIpc) is 3.32. The Bertz CT molecular complexity index is 990. The molecule has 8 heteroatoms. The first-order valence-corrected chi connectivity index (χ1v) is 12.6. The zero-order chi connectivity index (χ0) is 25.8. The first-order chi connectivity index (χ1) is 16.3. The minimum absolute atomic E-state index is 0.205. The maximum absolute atomic E-state index is 14.1. The molecule has 35 heavy (non-hydrogen) atoms. The lowest BCUT2D eigenvalue weighted by Crippen LogP contribution is -2.60. The predicted octanol–water partition coefficient (Wildman–Crippen LogP) is 2.71. The van der Waals surface area contributed by atoms with E-state index in [2.05, 4.69) is 10.6 Å². The molecule has 3 amide bonds. The molecule has 2 unspecified atom stereocenters. The average molecular weight is 486 g/mol. The second kappa shape index (κ2) is 8.89. The van der Waals surface area contributed by atoms with Crippen molar-refractivity contribution in [2.75, 3.05) is 11.9 Å². The van der Waals surface area contributed by atoms with E-state index >= 15 is 0 Å². The van der Waals surface area contributed by atoms with Gasteiger partial charge in [-0.3, -0.25) is 14.4 Å². The zero-order valence-corrected chi connectivity index (χ0v) is 21.6. The normalized spacial score (nSPS) is 32.6. The van der Waals surface area contributed by atoms with Gasteiger partial charge in [0, 0.05) is 11.2 Å². The number of fused-ring (bicyclic) bond motifs is 1. The Morgan fingerprint density at radius 1 is 1.17 bits per heavy atom. The molecule has 0 saturated carbocycles. The molecule has 0 aromatic heterocycles. The van der Waals surface area contributed by atoms with Crippen LogP contribution in [0.5, 0.6) is 0 Å². The molecule has 3 aliphatic heterocycles. The third kappa shape index (κ3) is 4.35. The van der Waals surface area contributed by atoms with Gasteiger partial charge in [0.2, 0.25) is 17.7 Å². The van der Waals surface area contributed by atoms with Crippen molar-refractivity contribution in [3.05, 3.63) is 30.3 Å². The molecule has 1 aromatic rings. The molecule has 0 radical (unpaired) electrons. The Hall–Kier alpha value is -2.45. The van der Waals surface area contributed by atoms with Gasteiger partial charge >= 0.3 is 0 Å². The lowest BCUT2D eigenvalue weighted by Gasteiger charge is -2.39. The summed E-state index contributed by atoms with van der Waals surface area (Å²) in [7, 11) is 0. The minimum Gasteiger partial charge on any atom is -0.394 e. The molecule has 3 heterocycles. The van der Waals surface area contributed by atoms with Crippen LogP contribution in [-0.4, -0.2) is 63.2 Å². The van der Waals surface area contributed by atoms with E-state index in [0.29, 0.717) is 24.9 Å². The summed E-state index contributed by atoms with van der Waals surface area (Å²) in [6, 6.07) is 7.70. The molecular weight excluding hydrogens is 446 g/mol. The summed E-state index contributed by atoms with van der Waals surface area (Å²) in [5.74, 6) is -2.19. The van der Waals surface area contributed by atoms with Gasteiger partial charge in [0.25, 0.3) is 0 Å². The Morgan fingerprint density at radius 3 is 2.40 bits per heavy atom. The molecule has 3 fully saturated rings. The summed E-state index contributed by atoms with van der Waals surface area (Å²) >= 11 is 0. The van der Waals surface area contributed by atoms with E-state index in [1.54, 1.807) is 17.0 Å². The summed E-state index contributed by atoms with van der Waals surface area (Å²) in [5.41, 5.74) is -1.82. The number of rotatable bonds is 7. The van der Waals surface area contributed by atoms with E-state index in [-0.39, 0.29) is 30.2 Å². The van der Waals surface area contributed by atoms with Crippen LogP contribution >= 0.6 is 0 Å². The highest BCUT2D eigenvalue weighted by Crippen LogP contribution is 2.63. The number of carbonyl (C=O) groups excluding carboxylic acids is 3. The quantitative estimate of drug-likeness (QED) is 0.550. The van der Waals surface area contributed by atoms with Crippen molar-refractivity contribution < 1.29 is 24.2 Å². The summed E-state index contributed by atoms with van der Waals surface area (Å²) in [4.78, 5) is 43.0. The Kier molecular flexibility index (Phi) is 6.51. The lowest BCUT2D eigenvalue weighted by molar-refractivity contribution is -0.149. The minimum atomic E-state index is -1.11. The van der Waals surface area contributed by atoms with Crippen molar-refractivity contribution in [2.24, 2.45) is 17.8 Å². The maximum atomic E-state index is 14.1. The first-order valence-electron chi connectivity index (χ1n) is 12.6. The van der Waals surface area contributed by atoms with Gasteiger partial charge in [0.1, 0.15) is 11.6 Å². The fourth-order valence-electron chi connectivity index (χ4n) is 6.46. The second-order valence-electron chi connectivity index (χ2n) is 12.0. The number of nitrogens with zero attached hydrogens (tertiary/aromatic N) is 1. The number of benzene rings is 1.